The molecule has 194 valence electrons. The molecule has 0 aromatic heterocycles. The number of hydrogen-bond donors (Lipinski definition) is 2. The molecule has 0 unspecified atom stereocenters. The van der Waals surface area contributed by atoms with E-state index in [2.05, 4.69) is 0 Å². The van der Waals surface area contributed by atoms with Crippen LogP contribution in [0.4, 0.5) is 0 Å². The van der Waals surface area contributed by atoms with Crippen molar-refractivity contribution >= 4 is 23.5 Å². The van der Waals surface area contributed by atoms with Crippen molar-refractivity contribution in [3.63, 3.8) is 0 Å². The van der Waals surface area contributed by atoms with Gasteiger partial charge in [-0.2, -0.15) is 0 Å². The van der Waals surface area contributed by atoms with Gasteiger partial charge in [-0.05, 0) is 25.3 Å². The van der Waals surface area contributed by atoms with Gasteiger partial charge in [-0.25, -0.2) is 0 Å². The van der Waals surface area contributed by atoms with Crippen LogP contribution in [-0.4, -0.2) is 56.6 Å². The molecule has 8 heteroatoms. The zero-order chi connectivity index (χ0) is 26.1. The second kappa shape index (κ2) is 8.23. The van der Waals surface area contributed by atoms with Crippen LogP contribution in [0, 0.1) is 29.1 Å². The fourth-order valence-electron chi connectivity index (χ4n) is 7.72. The fraction of sp³-hybridized carbons (Fsp3) is 0.778. The fourth-order valence-corrected chi connectivity index (χ4v) is 7.72. The van der Waals surface area contributed by atoms with Crippen molar-refractivity contribution in [2.45, 2.75) is 103 Å². The van der Waals surface area contributed by atoms with Gasteiger partial charge in [0, 0.05) is 54.8 Å². The highest BCUT2D eigenvalue weighted by atomic mass is 16.6. The van der Waals surface area contributed by atoms with Crippen molar-refractivity contribution in [3.8, 4) is 0 Å². The van der Waals surface area contributed by atoms with Crippen molar-refractivity contribution < 1.29 is 38.9 Å². The molecular formula is C27H38O8. The summed E-state index contributed by atoms with van der Waals surface area (Å²) in [7, 11) is 0. The van der Waals surface area contributed by atoms with Crippen molar-refractivity contribution in [3.05, 3.63) is 11.6 Å². The lowest BCUT2D eigenvalue weighted by Gasteiger charge is -2.53. The first-order valence-electron chi connectivity index (χ1n) is 12.8. The maximum atomic E-state index is 13.1. The first-order valence-corrected chi connectivity index (χ1v) is 12.8. The van der Waals surface area contributed by atoms with Crippen LogP contribution in [0.15, 0.2) is 11.6 Å². The lowest BCUT2D eigenvalue weighted by atomic mass is 9.58. The summed E-state index contributed by atoms with van der Waals surface area (Å²) in [6.45, 7) is 10.8. The predicted octanol–water partition coefficient (Wildman–Crippen LogP) is 2.67. The Morgan fingerprint density at radius 3 is 2.29 bits per heavy atom. The van der Waals surface area contributed by atoms with Gasteiger partial charge in [0.2, 0.25) is 0 Å². The number of aliphatic hydroxyl groups is 2. The van der Waals surface area contributed by atoms with Crippen LogP contribution in [0.5, 0.6) is 0 Å². The molecule has 3 saturated carbocycles. The molecule has 0 radical (unpaired) electrons. The molecule has 35 heavy (non-hydrogen) atoms. The molecule has 8 nitrogen and oxygen atoms in total. The number of ketones is 2. The molecule has 3 fully saturated rings. The first-order chi connectivity index (χ1) is 16.2. The van der Waals surface area contributed by atoms with E-state index in [4.69, 9.17) is 9.47 Å². The van der Waals surface area contributed by atoms with Gasteiger partial charge in [0.15, 0.2) is 11.4 Å². The smallest absolute Gasteiger partial charge is 0.306 e. The normalized spacial score (nSPS) is 43.3. The summed E-state index contributed by atoms with van der Waals surface area (Å²) in [6.07, 6.45) is 1.65. The third-order valence-corrected chi connectivity index (χ3v) is 9.31. The molecular weight excluding hydrogens is 452 g/mol. The Labute approximate surface area is 206 Å². The van der Waals surface area contributed by atoms with Gasteiger partial charge in [-0.3, -0.25) is 19.2 Å². The number of fused-ring (bicyclic) bond motifs is 5. The largest absolute Gasteiger partial charge is 0.458 e. The van der Waals surface area contributed by atoms with E-state index in [1.54, 1.807) is 19.9 Å². The van der Waals surface area contributed by atoms with Gasteiger partial charge in [0.25, 0.3) is 0 Å². The number of hydrogen-bond acceptors (Lipinski definition) is 8. The van der Waals surface area contributed by atoms with Gasteiger partial charge in [0.05, 0.1) is 5.60 Å². The summed E-state index contributed by atoms with van der Waals surface area (Å²) in [4.78, 5) is 51.6. The number of Topliss-reactive ketones (excluding diaryl/α,β-unsaturated/α-hetero) is 2. The summed E-state index contributed by atoms with van der Waals surface area (Å²) in [5.74, 6) is -4.80. The van der Waals surface area contributed by atoms with E-state index in [1.807, 2.05) is 27.7 Å². The third-order valence-electron chi connectivity index (χ3n) is 9.31. The van der Waals surface area contributed by atoms with Crippen LogP contribution >= 0.6 is 0 Å². The molecule has 0 amide bonds. The maximum absolute atomic E-state index is 13.1. The Hall–Kier alpha value is -2.06. The van der Waals surface area contributed by atoms with Crippen LogP contribution in [0.1, 0.15) is 80.1 Å². The Balaban J connectivity index is 1.89. The first kappa shape index (κ1) is 26.0. The van der Waals surface area contributed by atoms with E-state index in [0.29, 0.717) is 18.4 Å². The van der Waals surface area contributed by atoms with Crippen LogP contribution in [0.3, 0.4) is 0 Å². The van der Waals surface area contributed by atoms with Gasteiger partial charge in [0.1, 0.15) is 17.5 Å². The lowest BCUT2D eigenvalue weighted by Crippen LogP contribution is -2.66. The SMILES string of the molecule is CCCC(=O)O[C@@H]1[C@@H](C)[C@@]2(O)[C@@H](CC(=O)C[C@]3(O)C(=O)C(C)=C[C@@H]23)[C@@H]2C(C)(C)[C@]12OC(=O)CCC. The molecule has 0 aromatic carbocycles. The highest BCUT2D eigenvalue weighted by Crippen LogP contribution is 2.77. The van der Waals surface area contributed by atoms with Crippen molar-refractivity contribution in [1.82, 2.24) is 0 Å². The Morgan fingerprint density at radius 1 is 1.09 bits per heavy atom. The van der Waals surface area contributed by atoms with E-state index >= 15 is 0 Å². The summed E-state index contributed by atoms with van der Waals surface area (Å²) in [5, 5.41) is 24.0. The summed E-state index contributed by atoms with van der Waals surface area (Å²) in [5.41, 5.74) is -5.39. The zero-order valence-corrected chi connectivity index (χ0v) is 21.6. The minimum Gasteiger partial charge on any atom is -0.458 e. The predicted molar refractivity (Wildman–Crippen MR) is 125 cm³/mol. The molecule has 0 aromatic rings. The lowest BCUT2D eigenvalue weighted by molar-refractivity contribution is -0.233. The molecule has 4 rings (SSSR count). The molecule has 0 saturated heterocycles. The summed E-state index contributed by atoms with van der Waals surface area (Å²) < 4.78 is 12.1. The standard InChI is InChI=1S/C27H38O8/c1-7-9-19(29)34-23-15(4)26(33)17(21-24(5,6)27(21,23)35-20(30)10-8-2)12-16(28)13-25(32)18(26)11-14(3)22(25)31/h11,15,17-18,21,23,32-33H,7-10,12-13H2,1-6H3/t15-,17+,18-,21-,23-,25-,26-,27-/m1/s1. The molecule has 4 aliphatic rings. The van der Waals surface area contributed by atoms with E-state index in [1.165, 1.54) is 0 Å². The van der Waals surface area contributed by atoms with E-state index in [9.17, 15) is 29.4 Å². The van der Waals surface area contributed by atoms with Gasteiger partial charge in [-0.1, -0.05) is 40.7 Å². The number of rotatable bonds is 6. The molecule has 0 spiro atoms. The summed E-state index contributed by atoms with van der Waals surface area (Å²) >= 11 is 0. The van der Waals surface area contributed by atoms with E-state index < -0.39 is 69.7 Å². The average molecular weight is 491 g/mol. The molecule has 0 heterocycles. The monoisotopic (exact) mass is 490 g/mol. The molecule has 2 N–H and O–H groups in total. The third kappa shape index (κ3) is 3.31. The Morgan fingerprint density at radius 2 is 1.69 bits per heavy atom. The van der Waals surface area contributed by atoms with Crippen LogP contribution in [-0.2, 0) is 28.7 Å². The van der Waals surface area contributed by atoms with Crippen molar-refractivity contribution in [2.24, 2.45) is 29.1 Å². The van der Waals surface area contributed by atoms with Crippen LogP contribution < -0.4 is 0 Å². The molecule has 8 atom stereocenters. The number of carbonyl (C=O) groups excluding carboxylic acids is 4. The van der Waals surface area contributed by atoms with Crippen molar-refractivity contribution in [2.75, 3.05) is 0 Å². The van der Waals surface area contributed by atoms with Gasteiger partial charge < -0.3 is 19.7 Å². The van der Waals surface area contributed by atoms with Crippen LogP contribution in [0.25, 0.3) is 0 Å². The summed E-state index contributed by atoms with van der Waals surface area (Å²) in [6, 6.07) is 0. The average Bonchev–Trinajstić information content (AvgIpc) is 3.18. The number of esters is 2. The quantitative estimate of drug-likeness (QED) is 0.544. The van der Waals surface area contributed by atoms with Gasteiger partial charge in [-0.15, -0.1) is 0 Å². The Bertz CT molecular complexity index is 997. The molecule has 0 bridgehead atoms. The van der Waals surface area contributed by atoms with E-state index in [-0.39, 0.29) is 31.5 Å². The van der Waals surface area contributed by atoms with Crippen LogP contribution in [0.2, 0.25) is 0 Å². The molecule has 0 aliphatic heterocycles. The topological polar surface area (TPSA) is 127 Å². The molecule has 4 aliphatic carbocycles. The minimum atomic E-state index is -2.05. The number of ether oxygens (including phenoxy) is 2. The zero-order valence-electron chi connectivity index (χ0n) is 21.6. The second-order valence-corrected chi connectivity index (χ2v) is 11.7. The van der Waals surface area contributed by atoms with E-state index in [0.717, 1.165) is 0 Å². The minimum absolute atomic E-state index is 0.0589. The highest BCUT2D eigenvalue weighted by Gasteiger charge is 2.88. The maximum Gasteiger partial charge on any atom is 0.306 e. The second-order valence-electron chi connectivity index (χ2n) is 11.7. The van der Waals surface area contributed by atoms with Crippen molar-refractivity contribution in [1.29, 1.82) is 0 Å². The van der Waals surface area contributed by atoms with Gasteiger partial charge >= 0.3 is 11.9 Å². The highest BCUT2D eigenvalue weighted by molar-refractivity contribution is 6.07. The number of carbonyl (C=O) groups is 4. The Kier molecular flexibility index (Phi) is 6.12.